The Morgan fingerprint density at radius 3 is 1.33 bits per heavy atom. The van der Waals surface area contributed by atoms with E-state index in [2.05, 4.69) is 20.9 Å². The number of benzene rings is 4. The second-order valence-electron chi connectivity index (χ2n) is 10.4. The predicted molar refractivity (Wildman–Crippen MR) is 174 cm³/mol. The van der Waals surface area contributed by atoms with E-state index in [-0.39, 0.29) is 11.8 Å². The summed E-state index contributed by atoms with van der Waals surface area (Å²) in [6, 6.07) is 29.6. The molecule has 0 saturated heterocycles. The van der Waals surface area contributed by atoms with E-state index >= 15 is 0 Å². The van der Waals surface area contributed by atoms with Gasteiger partial charge in [-0.25, -0.2) is 0 Å². The van der Waals surface area contributed by atoms with Crippen LogP contribution in [0.4, 0.5) is 11.4 Å². The van der Waals surface area contributed by atoms with Crippen LogP contribution < -0.4 is 20.1 Å². The van der Waals surface area contributed by atoms with Crippen LogP contribution in [0.15, 0.2) is 106 Å². The zero-order valence-electron chi connectivity index (χ0n) is 25.6. The van der Waals surface area contributed by atoms with Crippen molar-refractivity contribution in [2.75, 3.05) is 24.9 Å². The third kappa shape index (κ3) is 5.83. The lowest BCUT2D eigenvalue weighted by molar-refractivity contribution is 0.101. The van der Waals surface area contributed by atoms with Crippen molar-refractivity contribution in [2.45, 2.75) is 13.8 Å². The number of aromatic nitrogens is 2. The zero-order chi connectivity index (χ0) is 32.2. The molecule has 2 amide bonds. The van der Waals surface area contributed by atoms with E-state index in [1.165, 1.54) is 14.2 Å². The molecular formula is C36H30N4O6. The van der Waals surface area contributed by atoms with E-state index in [1.807, 2.05) is 84.9 Å². The number of ether oxygens (including phenoxy) is 2. The van der Waals surface area contributed by atoms with E-state index in [1.54, 1.807) is 26.0 Å². The topological polar surface area (TPSA) is 129 Å². The van der Waals surface area contributed by atoms with Crippen LogP contribution in [0.25, 0.3) is 33.6 Å². The summed E-state index contributed by atoms with van der Waals surface area (Å²) in [6.45, 7) is 3.40. The Morgan fingerprint density at radius 1 is 0.565 bits per heavy atom. The third-order valence-corrected chi connectivity index (χ3v) is 7.51. The maximum absolute atomic E-state index is 13.4. The SMILES string of the molecule is COc1cc(-c2ccc(NC(=O)c3c(-c4ccccc4)noc3C)c(OC)c2)ccc1NC(=O)c1c(-c2ccccc2)noc1C. The van der Waals surface area contributed by atoms with Gasteiger partial charge in [-0.05, 0) is 49.2 Å². The predicted octanol–water partition coefficient (Wildman–Crippen LogP) is 7.80. The third-order valence-electron chi connectivity index (χ3n) is 7.51. The number of anilines is 2. The molecule has 0 radical (unpaired) electrons. The van der Waals surface area contributed by atoms with Gasteiger partial charge in [0.05, 0.1) is 25.6 Å². The first-order valence-electron chi connectivity index (χ1n) is 14.4. The maximum Gasteiger partial charge on any atom is 0.261 e. The number of rotatable bonds is 9. The van der Waals surface area contributed by atoms with Gasteiger partial charge in [-0.3, -0.25) is 9.59 Å². The highest BCUT2D eigenvalue weighted by molar-refractivity contribution is 6.10. The molecule has 6 rings (SSSR count). The lowest BCUT2D eigenvalue weighted by Crippen LogP contribution is -2.14. The van der Waals surface area contributed by atoms with Gasteiger partial charge in [-0.2, -0.15) is 0 Å². The summed E-state index contributed by atoms with van der Waals surface area (Å²) in [4.78, 5) is 26.8. The van der Waals surface area contributed by atoms with Crippen molar-refractivity contribution >= 4 is 23.2 Å². The number of nitrogens with zero attached hydrogens (tertiary/aromatic N) is 2. The van der Waals surface area contributed by atoms with E-state index in [0.717, 1.165) is 22.3 Å². The Morgan fingerprint density at radius 2 is 0.957 bits per heavy atom. The first-order chi connectivity index (χ1) is 22.4. The summed E-state index contributed by atoms with van der Waals surface area (Å²) < 4.78 is 22.0. The minimum atomic E-state index is -0.371. The molecule has 0 spiro atoms. The van der Waals surface area contributed by atoms with Crippen LogP contribution in [0, 0.1) is 13.8 Å². The highest BCUT2D eigenvalue weighted by Gasteiger charge is 2.24. The first-order valence-corrected chi connectivity index (χ1v) is 14.4. The van der Waals surface area contributed by atoms with Crippen molar-refractivity contribution in [3.8, 4) is 45.1 Å². The summed E-state index contributed by atoms with van der Waals surface area (Å²) in [5.41, 5.74) is 5.71. The largest absolute Gasteiger partial charge is 0.495 e. The highest BCUT2D eigenvalue weighted by atomic mass is 16.5. The number of methoxy groups -OCH3 is 2. The van der Waals surface area contributed by atoms with Crippen LogP contribution in [0.2, 0.25) is 0 Å². The number of amides is 2. The second-order valence-corrected chi connectivity index (χ2v) is 10.4. The van der Waals surface area contributed by atoms with E-state index in [4.69, 9.17) is 18.5 Å². The monoisotopic (exact) mass is 614 g/mol. The van der Waals surface area contributed by atoms with Crippen molar-refractivity contribution in [3.05, 3.63) is 120 Å². The van der Waals surface area contributed by atoms with Gasteiger partial charge in [0, 0.05) is 11.1 Å². The molecule has 46 heavy (non-hydrogen) atoms. The molecule has 10 heteroatoms. The van der Waals surface area contributed by atoms with Crippen LogP contribution in [-0.2, 0) is 0 Å². The standard InChI is InChI=1S/C36H30N4O6/c1-21-31(33(39-45-21)23-11-7-5-8-12-23)35(41)37-27-17-15-25(19-29(27)43-3)26-16-18-28(30(20-26)44-4)38-36(42)32-22(2)46-40-34(32)24-13-9-6-10-14-24/h5-20H,1-4H3,(H,37,41)(H,38,42). The van der Waals surface area contributed by atoms with Crippen molar-refractivity contribution < 1.29 is 28.1 Å². The van der Waals surface area contributed by atoms with Crippen LogP contribution in [0.3, 0.4) is 0 Å². The van der Waals surface area contributed by atoms with Gasteiger partial charge in [0.15, 0.2) is 0 Å². The van der Waals surface area contributed by atoms with Crippen molar-refractivity contribution in [1.82, 2.24) is 10.3 Å². The number of carbonyl (C=O) groups is 2. The quantitative estimate of drug-likeness (QED) is 0.169. The molecule has 0 fully saturated rings. The van der Waals surface area contributed by atoms with Crippen molar-refractivity contribution in [1.29, 1.82) is 0 Å². The molecule has 0 bridgehead atoms. The summed E-state index contributed by atoms with van der Waals surface area (Å²) in [5, 5.41) is 14.1. The van der Waals surface area contributed by atoms with Gasteiger partial charge in [-0.1, -0.05) is 83.1 Å². The number of nitrogens with one attached hydrogen (secondary N) is 2. The number of carbonyl (C=O) groups excluding carboxylic acids is 2. The number of aryl methyl sites for hydroxylation is 2. The minimum Gasteiger partial charge on any atom is -0.495 e. The molecular weight excluding hydrogens is 584 g/mol. The molecule has 2 heterocycles. The van der Waals surface area contributed by atoms with Gasteiger partial charge < -0.3 is 29.2 Å². The van der Waals surface area contributed by atoms with E-state index in [0.29, 0.717) is 56.9 Å². The second kappa shape index (κ2) is 12.8. The van der Waals surface area contributed by atoms with Gasteiger partial charge in [-0.15, -0.1) is 0 Å². The van der Waals surface area contributed by atoms with Gasteiger partial charge in [0.1, 0.15) is 45.5 Å². The average molecular weight is 615 g/mol. The van der Waals surface area contributed by atoms with Gasteiger partial charge in [0.2, 0.25) is 0 Å². The molecule has 0 aliphatic carbocycles. The van der Waals surface area contributed by atoms with Crippen molar-refractivity contribution in [2.24, 2.45) is 0 Å². The molecule has 0 aliphatic heterocycles. The normalized spacial score (nSPS) is 10.8. The highest BCUT2D eigenvalue weighted by Crippen LogP contribution is 2.36. The number of hydrogen-bond donors (Lipinski definition) is 2. The Balaban J connectivity index is 1.24. The zero-order valence-corrected chi connectivity index (χ0v) is 25.6. The fourth-order valence-corrected chi connectivity index (χ4v) is 5.18. The maximum atomic E-state index is 13.4. The molecule has 4 aromatic carbocycles. The lowest BCUT2D eigenvalue weighted by atomic mass is 10.0. The van der Waals surface area contributed by atoms with E-state index < -0.39 is 0 Å². The summed E-state index contributed by atoms with van der Waals surface area (Å²) in [5.74, 6) is 0.971. The molecule has 6 aromatic rings. The molecule has 0 atom stereocenters. The Kier molecular flexibility index (Phi) is 8.34. The fraction of sp³-hybridized carbons (Fsp3) is 0.111. The molecule has 0 saturated carbocycles. The average Bonchev–Trinajstić information content (AvgIpc) is 3.68. The Bertz CT molecular complexity index is 1890. The van der Waals surface area contributed by atoms with Gasteiger partial charge >= 0.3 is 0 Å². The summed E-state index contributed by atoms with van der Waals surface area (Å²) >= 11 is 0. The van der Waals surface area contributed by atoms with Crippen LogP contribution in [-0.4, -0.2) is 36.3 Å². The van der Waals surface area contributed by atoms with Crippen molar-refractivity contribution in [3.63, 3.8) is 0 Å². The smallest absolute Gasteiger partial charge is 0.261 e. The molecule has 230 valence electrons. The molecule has 0 unspecified atom stereocenters. The van der Waals surface area contributed by atoms with Crippen LogP contribution in [0.5, 0.6) is 11.5 Å². The van der Waals surface area contributed by atoms with E-state index in [9.17, 15) is 9.59 Å². The molecule has 0 aliphatic rings. The lowest BCUT2D eigenvalue weighted by Gasteiger charge is -2.15. The fourth-order valence-electron chi connectivity index (χ4n) is 5.18. The van der Waals surface area contributed by atoms with Gasteiger partial charge in [0.25, 0.3) is 11.8 Å². The van der Waals surface area contributed by atoms with Crippen LogP contribution in [0.1, 0.15) is 32.2 Å². The minimum absolute atomic E-state index is 0.344. The summed E-state index contributed by atoms with van der Waals surface area (Å²) in [6.07, 6.45) is 0. The molecule has 2 aromatic heterocycles. The first kappa shape index (κ1) is 29.9. The Hall–Kier alpha value is -6.16. The Labute approximate surface area is 264 Å². The summed E-state index contributed by atoms with van der Waals surface area (Å²) in [7, 11) is 3.06. The molecule has 2 N–H and O–H groups in total. The van der Waals surface area contributed by atoms with Crippen LogP contribution >= 0.6 is 0 Å². The molecule has 10 nitrogen and oxygen atoms in total. The number of hydrogen-bond acceptors (Lipinski definition) is 8.